The molecule has 0 atom stereocenters. The molecule has 0 aromatic carbocycles. The molecule has 0 radical (unpaired) electrons. The maximum Gasteiger partial charge on any atom is 0.0528 e. The lowest BCUT2D eigenvalue weighted by molar-refractivity contribution is 1.09. The van der Waals surface area contributed by atoms with Gasteiger partial charge in [-0.2, -0.15) is 0 Å². The molecule has 102 valence electrons. The fourth-order valence-corrected chi connectivity index (χ4v) is 2.35. The SMILES string of the molecule is C=Cc1c(C)c(/C(C)=C\C)n(C=C(C)C)c1/C=C\C. The molecule has 0 unspecified atom stereocenters. The summed E-state index contributed by atoms with van der Waals surface area (Å²) >= 11 is 0. The van der Waals surface area contributed by atoms with E-state index in [1.807, 2.05) is 13.0 Å². The monoisotopic (exact) mass is 255 g/mol. The zero-order valence-electron chi connectivity index (χ0n) is 13.0. The van der Waals surface area contributed by atoms with E-state index in [0.717, 1.165) is 0 Å². The van der Waals surface area contributed by atoms with Crippen LogP contribution in [-0.2, 0) is 0 Å². The van der Waals surface area contributed by atoms with Crippen LogP contribution < -0.4 is 0 Å². The number of hydrogen-bond donors (Lipinski definition) is 0. The molecule has 0 aliphatic rings. The molecule has 1 heteroatoms. The van der Waals surface area contributed by atoms with Gasteiger partial charge in [-0.3, -0.25) is 0 Å². The Balaban J connectivity index is 3.80. The highest BCUT2D eigenvalue weighted by molar-refractivity contribution is 5.77. The Kier molecular flexibility index (Phi) is 5.17. The second-order valence-electron chi connectivity index (χ2n) is 5.02. The molecule has 1 aromatic rings. The van der Waals surface area contributed by atoms with Crippen LogP contribution in [0.2, 0.25) is 0 Å². The summed E-state index contributed by atoms with van der Waals surface area (Å²) in [6.45, 7) is 16.7. The molecule has 1 heterocycles. The van der Waals surface area contributed by atoms with E-state index in [-0.39, 0.29) is 0 Å². The van der Waals surface area contributed by atoms with Crippen molar-refractivity contribution >= 4 is 23.9 Å². The molecule has 0 saturated carbocycles. The molecule has 0 fully saturated rings. The van der Waals surface area contributed by atoms with Gasteiger partial charge in [-0.1, -0.05) is 30.4 Å². The van der Waals surface area contributed by atoms with Gasteiger partial charge < -0.3 is 4.57 Å². The Morgan fingerprint density at radius 1 is 1.16 bits per heavy atom. The van der Waals surface area contributed by atoms with E-state index in [4.69, 9.17) is 0 Å². The van der Waals surface area contributed by atoms with Crippen LogP contribution in [0.1, 0.15) is 57.1 Å². The Labute approximate surface area is 117 Å². The second kappa shape index (κ2) is 6.42. The molecule has 0 amide bonds. The average molecular weight is 255 g/mol. The standard InChI is InChI=1S/C18H25N/c1-8-11-17-16(10-3)15(7)18(14(6)9-2)19(17)12-13(4)5/h8-12H,3H2,1-2,4-7H3/b11-8-,14-9-. The van der Waals surface area contributed by atoms with Crippen LogP contribution in [0.3, 0.4) is 0 Å². The van der Waals surface area contributed by atoms with E-state index in [1.165, 1.54) is 33.7 Å². The van der Waals surface area contributed by atoms with Crippen LogP contribution >= 0.6 is 0 Å². The first-order valence-corrected chi connectivity index (χ1v) is 6.76. The van der Waals surface area contributed by atoms with Crippen LogP contribution in [0.25, 0.3) is 23.9 Å². The molecule has 0 aliphatic heterocycles. The third-order valence-electron chi connectivity index (χ3n) is 3.26. The van der Waals surface area contributed by atoms with Crippen molar-refractivity contribution in [2.75, 3.05) is 0 Å². The topological polar surface area (TPSA) is 4.93 Å². The molecule has 1 nitrogen and oxygen atoms in total. The minimum absolute atomic E-state index is 1.20. The first-order chi connectivity index (χ1) is 8.97. The van der Waals surface area contributed by atoms with Gasteiger partial charge in [0.1, 0.15) is 0 Å². The van der Waals surface area contributed by atoms with Crippen molar-refractivity contribution in [2.45, 2.75) is 41.5 Å². The average Bonchev–Trinajstić information content (AvgIpc) is 2.61. The smallest absolute Gasteiger partial charge is 0.0528 e. The third kappa shape index (κ3) is 2.98. The maximum absolute atomic E-state index is 3.97. The lowest BCUT2D eigenvalue weighted by Crippen LogP contribution is -1.97. The van der Waals surface area contributed by atoms with Gasteiger partial charge in [-0.05, 0) is 58.8 Å². The number of nitrogens with zero attached hydrogens (tertiary/aromatic N) is 1. The minimum Gasteiger partial charge on any atom is -0.316 e. The predicted octanol–water partition coefficient (Wildman–Crippen LogP) is 5.78. The molecule has 0 bridgehead atoms. The Morgan fingerprint density at radius 3 is 2.21 bits per heavy atom. The molecule has 0 aliphatic carbocycles. The lowest BCUT2D eigenvalue weighted by Gasteiger charge is -2.09. The highest BCUT2D eigenvalue weighted by Gasteiger charge is 2.16. The fraction of sp³-hybridized carbons (Fsp3) is 0.333. The molecule has 1 rings (SSSR count). The third-order valence-corrected chi connectivity index (χ3v) is 3.26. The van der Waals surface area contributed by atoms with Gasteiger partial charge in [-0.25, -0.2) is 0 Å². The normalized spacial score (nSPS) is 12.0. The van der Waals surface area contributed by atoms with Crippen LogP contribution in [0.4, 0.5) is 0 Å². The molecule has 0 saturated heterocycles. The summed E-state index contributed by atoms with van der Waals surface area (Å²) in [7, 11) is 0. The summed E-state index contributed by atoms with van der Waals surface area (Å²) < 4.78 is 2.27. The largest absolute Gasteiger partial charge is 0.316 e. The summed E-state index contributed by atoms with van der Waals surface area (Å²) in [6, 6.07) is 0. The van der Waals surface area contributed by atoms with Gasteiger partial charge in [0.2, 0.25) is 0 Å². The predicted molar refractivity (Wildman–Crippen MR) is 88.9 cm³/mol. The second-order valence-corrected chi connectivity index (χ2v) is 5.02. The molecule has 1 aromatic heterocycles. The number of aromatic nitrogens is 1. The van der Waals surface area contributed by atoms with Crippen molar-refractivity contribution in [1.29, 1.82) is 0 Å². The van der Waals surface area contributed by atoms with E-state index in [0.29, 0.717) is 0 Å². The van der Waals surface area contributed by atoms with Crippen molar-refractivity contribution in [3.63, 3.8) is 0 Å². The van der Waals surface area contributed by atoms with E-state index in [2.05, 4.69) is 70.2 Å². The number of rotatable bonds is 4. The molecule has 19 heavy (non-hydrogen) atoms. The quantitative estimate of drug-likeness (QED) is 0.643. The van der Waals surface area contributed by atoms with E-state index < -0.39 is 0 Å². The summed E-state index contributed by atoms with van der Waals surface area (Å²) in [5.74, 6) is 0. The highest BCUT2D eigenvalue weighted by Crippen LogP contribution is 2.30. The number of hydrogen-bond acceptors (Lipinski definition) is 0. The van der Waals surface area contributed by atoms with E-state index >= 15 is 0 Å². The zero-order chi connectivity index (χ0) is 14.6. The maximum atomic E-state index is 3.97. The van der Waals surface area contributed by atoms with Crippen molar-refractivity contribution in [3.8, 4) is 0 Å². The van der Waals surface area contributed by atoms with Crippen molar-refractivity contribution < 1.29 is 0 Å². The summed E-state index contributed by atoms with van der Waals surface area (Å²) in [5.41, 5.74) is 7.54. The van der Waals surface area contributed by atoms with Gasteiger partial charge in [0, 0.05) is 11.8 Å². The summed E-state index contributed by atoms with van der Waals surface area (Å²) in [5, 5.41) is 0. The molecule has 0 N–H and O–H groups in total. The van der Waals surface area contributed by atoms with Crippen molar-refractivity contribution in [3.05, 3.63) is 46.8 Å². The Morgan fingerprint density at radius 2 is 1.79 bits per heavy atom. The van der Waals surface area contributed by atoms with Gasteiger partial charge >= 0.3 is 0 Å². The number of allylic oxidation sites excluding steroid dienone is 4. The summed E-state index contributed by atoms with van der Waals surface area (Å²) in [6.07, 6.45) is 10.5. The van der Waals surface area contributed by atoms with E-state index in [1.54, 1.807) is 0 Å². The zero-order valence-corrected chi connectivity index (χ0v) is 13.0. The van der Waals surface area contributed by atoms with Gasteiger partial charge in [0.15, 0.2) is 0 Å². The van der Waals surface area contributed by atoms with Gasteiger partial charge in [0.25, 0.3) is 0 Å². The highest BCUT2D eigenvalue weighted by atomic mass is 15.0. The van der Waals surface area contributed by atoms with Crippen LogP contribution in [0, 0.1) is 6.92 Å². The Hall–Kier alpha value is -1.76. The molecule has 0 spiro atoms. The van der Waals surface area contributed by atoms with Crippen LogP contribution in [0.5, 0.6) is 0 Å². The lowest BCUT2D eigenvalue weighted by atomic mass is 10.1. The van der Waals surface area contributed by atoms with Gasteiger partial charge in [-0.15, -0.1) is 0 Å². The van der Waals surface area contributed by atoms with Crippen molar-refractivity contribution in [2.24, 2.45) is 0 Å². The minimum atomic E-state index is 1.20. The van der Waals surface area contributed by atoms with Crippen LogP contribution in [0.15, 0.2) is 24.3 Å². The van der Waals surface area contributed by atoms with E-state index in [9.17, 15) is 0 Å². The first kappa shape index (κ1) is 15.3. The van der Waals surface area contributed by atoms with Crippen molar-refractivity contribution in [1.82, 2.24) is 4.57 Å². The fourth-order valence-electron chi connectivity index (χ4n) is 2.35. The van der Waals surface area contributed by atoms with Crippen LogP contribution in [-0.4, -0.2) is 4.57 Å². The molecular formula is C18H25N. The van der Waals surface area contributed by atoms with Gasteiger partial charge in [0.05, 0.1) is 11.4 Å². The molecular weight excluding hydrogens is 230 g/mol. The summed E-state index contributed by atoms with van der Waals surface area (Å²) in [4.78, 5) is 0. The Bertz CT molecular complexity index is 559. The first-order valence-electron chi connectivity index (χ1n) is 6.76.